The summed E-state index contributed by atoms with van der Waals surface area (Å²) in [7, 11) is 1.64. The van der Waals surface area contributed by atoms with Crippen LogP contribution in [0.5, 0.6) is 0 Å². The molecule has 0 fully saturated rings. The molecule has 2 N–H and O–H groups in total. The first-order valence-corrected chi connectivity index (χ1v) is 5.73. The van der Waals surface area contributed by atoms with Gasteiger partial charge < -0.3 is 15.2 Å². The first-order chi connectivity index (χ1) is 7.60. The van der Waals surface area contributed by atoms with Crippen molar-refractivity contribution >= 4 is 11.9 Å². The van der Waals surface area contributed by atoms with Crippen LogP contribution in [0, 0.1) is 11.8 Å². The second-order valence-electron chi connectivity index (χ2n) is 5.41. The summed E-state index contributed by atoms with van der Waals surface area (Å²) in [5.74, 6) is -3.02. The van der Waals surface area contributed by atoms with Gasteiger partial charge in [0, 0.05) is 6.04 Å². The van der Waals surface area contributed by atoms with E-state index in [1.165, 1.54) is 0 Å². The zero-order chi connectivity index (χ0) is 13.8. The van der Waals surface area contributed by atoms with Gasteiger partial charge in [0.2, 0.25) is 0 Å². The second-order valence-corrected chi connectivity index (χ2v) is 5.41. The minimum atomic E-state index is -1.18. The SMILES string of the molecule is CN[C@@H](C(C)C)C(C(=O)O)C(=O)OC(C)(C)C. The maximum Gasteiger partial charge on any atom is 0.322 e. The van der Waals surface area contributed by atoms with Gasteiger partial charge in [-0.2, -0.15) is 0 Å². The van der Waals surface area contributed by atoms with Crippen LogP contribution in [0.2, 0.25) is 0 Å². The summed E-state index contributed by atoms with van der Waals surface area (Å²) in [6, 6.07) is -0.442. The largest absolute Gasteiger partial charge is 0.481 e. The number of nitrogens with one attached hydrogen (secondary N) is 1. The molecule has 17 heavy (non-hydrogen) atoms. The molecule has 0 saturated heterocycles. The van der Waals surface area contributed by atoms with E-state index >= 15 is 0 Å². The van der Waals surface area contributed by atoms with E-state index in [1.807, 2.05) is 13.8 Å². The number of esters is 1. The van der Waals surface area contributed by atoms with Crippen molar-refractivity contribution in [2.45, 2.75) is 46.3 Å². The minimum absolute atomic E-state index is 0.0219. The molecule has 5 nitrogen and oxygen atoms in total. The van der Waals surface area contributed by atoms with Gasteiger partial charge in [-0.1, -0.05) is 13.8 Å². The number of hydrogen-bond donors (Lipinski definition) is 2. The molecule has 2 atom stereocenters. The Kier molecular flexibility index (Phi) is 5.61. The number of carbonyl (C=O) groups is 2. The summed E-state index contributed by atoms with van der Waals surface area (Å²) in [6.45, 7) is 8.87. The third-order valence-electron chi connectivity index (χ3n) is 2.34. The van der Waals surface area contributed by atoms with Crippen molar-refractivity contribution in [2.75, 3.05) is 7.05 Å². The van der Waals surface area contributed by atoms with Crippen molar-refractivity contribution in [1.29, 1.82) is 0 Å². The number of ether oxygens (including phenoxy) is 1. The lowest BCUT2D eigenvalue weighted by Gasteiger charge is -2.28. The molecule has 0 amide bonds. The fraction of sp³-hybridized carbons (Fsp3) is 0.833. The lowest BCUT2D eigenvalue weighted by atomic mass is 9.90. The number of carbonyl (C=O) groups excluding carboxylic acids is 1. The molecule has 0 aromatic rings. The van der Waals surface area contributed by atoms with Crippen LogP contribution < -0.4 is 5.32 Å². The van der Waals surface area contributed by atoms with Crippen LogP contribution in [0.15, 0.2) is 0 Å². The summed E-state index contributed by atoms with van der Waals surface area (Å²) in [4.78, 5) is 23.1. The summed E-state index contributed by atoms with van der Waals surface area (Å²) in [5, 5.41) is 12.0. The maximum absolute atomic E-state index is 11.9. The monoisotopic (exact) mass is 245 g/mol. The van der Waals surface area contributed by atoms with E-state index in [-0.39, 0.29) is 5.92 Å². The zero-order valence-electron chi connectivity index (χ0n) is 11.4. The van der Waals surface area contributed by atoms with Crippen molar-refractivity contribution in [3.63, 3.8) is 0 Å². The first-order valence-electron chi connectivity index (χ1n) is 5.73. The van der Waals surface area contributed by atoms with E-state index in [9.17, 15) is 9.59 Å². The Hall–Kier alpha value is -1.10. The highest BCUT2D eigenvalue weighted by molar-refractivity contribution is 5.95. The summed E-state index contributed by atoms with van der Waals surface area (Å²) in [5.41, 5.74) is -0.681. The summed E-state index contributed by atoms with van der Waals surface area (Å²) in [6.07, 6.45) is 0. The first kappa shape index (κ1) is 15.9. The number of carboxylic acids is 1. The Labute approximate surface area is 103 Å². The fourth-order valence-corrected chi connectivity index (χ4v) is 1.65. The normalized spacial score (nSPS) is 15.5. The molecular weight excluding hydrogens is 222 g/mol. The molecule has 1 unspecified atom stereocenters. The van der Waals surface area contributed by atoms with Gasteiger partial charge in [-0.15, -0.1) is 0 Å². The Bertz CT molecular complexity index is 281. The molecule has 0 aromatic carbocycles. The molecule has 0 bridgehead atoms. The fourth-order valence-electron chi connectivity index (χ4n) is 1.65. The topological polar surface area (TPSA) is 75.6 Å². The lowest BCUT2D eigenvalue weighted by Crippen LogP contribution is -2.48. The molecular formula is C12H23NO4. The number of aliphatic carboxylic acids is 1. The molecule has 0 rings (SSSR count). The number of hydrogen-bond acceptors (Lipinski definition) is 4. The average molecular weight is 245 g/mol. The predicted molar refractivity (Wildman–Crippen MR) is 64.7 cm³/mol. The molecule has 0 saturated carbocycles. The number of rotatable bonds is 5. The van der Waals surface area contributed by atoms with Crippen LogP contribution in [0.3, 0.4) is 0 Å². The summed E-state index contributed by atoms with van der Waals surface area (Å²) < 4.78 is 5.13. The number of carboxylic acid groups (broad SMARTS) is 1. The van der Waals surface area contributed by atoms with Gasteiger partial charge in [0.15, 0.2) is 5.92 Å². The van der Waals surface area contributed by atoms with Gasteiger partial charge >= 0.3 is 11.9 Å². The standard InChI is InChI=1S/C12H23NO4/c1-7(2)9(13-6)8(10(14)15)11(16)17-12(3,4)5/h7-9,13H,1-6H3,(H,14,15)/t8?,9-/m0/s1. The molecule has 0 spiro atoms. The molecule has 0 aliphatic heterocycles. The zero-order valence-corrected chi connectivity index (χ0v) is 11.4. The molecule has 0 aromatic heterocycles. The van der Waals surface area contributed by atoms with E-state index in [2.05, 4.69) is 5.32 Å². The Morgan fingerprint density at radius 2 is 1.71 bits per heavy atom. The molecule has 0 heterocycles. The maximum atomic E-state index is 11.9. The van der Waals surface area contributed by atoms with E-state index in [1.54, 1.807) is 27.8 Å². The van der Waals surface area contributed by atoms with Crippen LogP contribution in [-0.4, -0.2) is 35.7 Å². The van der Waals surface area contributed by atoms with Crippen molar-refractivity contribution in [3.8, 4) is 0 Å². The van der Waals surface area contributed by atoms with Crippen molar-refractivity contribution in [1.82, 2.24) is 5.32 Å². The van der Waals surface area contributed by atoms with Crippen LogP contribution in [-0.2, 0) is 14.3 Å². The molecule has 0 aliphatic carbocycles. The third-order valence-corrected chi connectivity index (χ3v) is 2.34. The lowest BCUT2D eigenvalue weighted by molar-refractivity contribution is -0.168. The molecule has 100 valence electrons. The molecule has 0 radical (unpaired) electrons. The van der Waals surface area contributed by atoms with Gasteiger partial charge in [0.1, 0.15) is 5.60 Å². The highest BCUT2D eigenvalue weighted by Gasteiger charge is 2.38. The van der Waals surface area contributed by atoms with Crippen molar-refractivity contribution in [2.24, 2.45) is 11.8 Å². The quantitative estimate of drug-likeness (QED) is 0.563. The second kappa shape index (κ2) is 6.00. The van der Waals surface area contributed by atoms with Crippen LogP contribution in [0.1, 0.15) is 34.6 Å². The van der Waals surface area contributed by atoms with Crippen LogP contribution >= 0.6 is 0 Å². The van der Waals surface area contributed by atoms with Crippen LogP contribution in [0.4, 0.5) is 0 Å². The van der Waals surface area contributed by atoms with Gasteiger partial charge in [-0.3, -0.25) is 9.59 Å². The van der Waals surface area contributed by atoms with Gasteiger partial charge in [-0.05, 0) is 33.7 Å². The van der Waals surface area contributed by atoms with E-state index in [0.29, 0.717) is 0 Å². The van der Waals surface area contributed by atoms with Gasteiger partial charge in [-0.25, -0.2) is 0 Å². The van der Waals surface area contributed by atoms with Crippen molar-refractivity contribution < 1.29 is 19.4 Å². The molecule has 5 heteroatoms. The minimum Gasteiger partial charge on any atom is -0.481 e. The van der Waals surface area contributed by atoms with Crippen molar-refractivity contribution in [3.05, 3.63) is 0 Å². The highest BCUT2D eigenvalue weighted by Crippen LogP contribution is 2.18. The average Bonchev–Trinajstić information content (AvgIpc) is 2.08. The highest BCUT2D eigenvalue weighted by atomic mass is 16.6. The Balaban J connectivity index is 4.97. The van der Waals surface area contributed by atoms with Gasteiger partial charge in [0.05, 0.1) is 0 Å². The Morgan fingerprint density at radius 3 is 1.94 bits per heavy atom. The van der Waals surface area contributed by atoms with Gasteiger partial charge in [0.25, 0.3) is 0 Å². The van der Waals surface area contributed by atoms with E-state index < -0.39 is 29.5 Å². The Morgan fingerprint density at radius 1 is 1.24 bits per heavy atom. The van der Waals surface area contributed by atoms with E-state index in [4.69, 9.17) is 9.84 Å². The van der Waals surface area contributed by atoms with Crippen LogP contribution in [0.25, 0.3) is 0 Å². The third kappa shape index (κ3) is 5.17. The van der Waals surface area contributed by atoms with E-state index in [0.717, 1.165) is 0 Å². The predicted octanol–water partition coefficient (Wildman–Crippen LogP) is 1.27. The smallest absolute Gasteiger partial charge is 0.322 e. The molecule has 0 aliphatic rings. The summed E-state index contributed by atoms with van der Waals surface area (Å²) >= 11 is 0.